The van der Waals surface area contributed by atoms with Gasteiger partial charge in [0.15, 0.2) is 0 Å². The molecular formula is C14H17F5O. The number of halogens is 5. The Hall–Kier alpha value is -1.17. The monoisotopic (exact) mass is 296 g/mol. The highest BCUT2D eigenvalue weighted by Gasteiger charge is 2.58. The van der Waals surface area contributed by atoms with Crippen molar-refractivity contribution in [2.75, 3.05) is 0 Å². The maximum absolute atomic E-state index is 13.0. The van der Waals surface area contributed by atoms with Crippen LogP contribution < -0.4 is 0 Å². The Morgan fingerprint density at radius 1 is 1.05 bits per heavy atom. The minimum absolute atomic E-state index is 0.130. The van der Waals surface area contributed by atoms with E-state index in [9.17, 15) is 27.1 Å². The van der Waals surface area contributed by atoms with Gasteiger partial charge in [-0.3, -0.25) is 0 Å². The number of alkyl halides is 5. The number of aliphatic hydroxyl groups excluding tert-OH is 1. The third kappa shape index (κ3) is 4.16. The highest BCUT2D eigenvalue weighted by Crippen LogP contribution is 2.42. The first-order valence-electron chi connectivity index (χ1n) is 6.25. The van der Waals surface area contributed by atoms with Gasteiger partial charge in [-0.15, -0.1) is 0 Å². The second-order valence-corrected chi connectivity index (χ2v) is 5.22. The third-order valence-electron chi connectivity index (χ3n) is 2.91. The van der Waals surface area contributed by atoms with Crippen molar-refractivity contribution in [2.24, 2.45) is 5.92 Å². The molecule has 1 atom stereocenters. The number of hydrogen-bond acceptors (Lipinski definition) is 1. The summed E-state index contributed by atoms with van der Waals surface area (Å²) in [5.41, 5.74) is 0.720. The molecule has 0 radical (unpaired) electrons. The third-order valence-corrected chi connectivity index (χ3v) is 2.91. The van der Waals surface area contributed by atoms with Gasteiger partial charge in [-0.05, 0) is 23.5 Å². The molecule has 0 saturated carbocycles. The lowest BCUT2D eigenvalue weighted by Gasteiger charge is -2.24. The number of hydrogen-bond donors (Lipinski definition) is 1. The van der Waals surface area contributed by atoms with Crippen LogP contribution in [-0.2, 0) is 6.42 Å². The quantitative estimate of drug-likeness (QED) is 0.793. The molecule has 1 rings (SSSR count). The van der Waals surface area contributed by atoms with E-state index in [4.69, 9.17) is 0 Å². The van der Waals surface area contributed by atoms with Crippen molar-refractivity contribution in [3.8, 4) is 0 Å². The molecule has 0 aromatic heterocycles. The van der Waals surface area contributed by atoms with E-state index in [1.54, 1.807) is 12.1 Å². The summed E-state index contributed by atoms with van der Waals surface area (Å²) in [5, 5.41) is 9.73. The molecule has 0 aliphatic rings. The molecule has 6 heteroatoms. The van der Waals surface area contributed by atoms with Gasteiger partial charge >= 0.3 is 12.1 Å². The maximum Gasteiger partial charge on any atom is 0.453 e. The fourth-order valence-corrected chi connectivity index (χ4v) is 1.95. The highest BCUT2D eigenvalue weighted by atomic mass is 19.4. The summed E-state index contributed by atoms with van der Waals surface area (Å²) >= 11 is 0. The normalized spacial score (nSPS) is 14.7. The first-order chi connectivity index (χ1) is 9.04. The van der Waals surface area contributed by atoms with E-state index in [0.717, 1.165) is 0 Å². The Bertz CT molecular complexity index is 439. The minimum atomic E-state index is -5.65. The zero-order valence-corrected chi connectivity index (χ0v) is 11.2. The minimum Gasteiger partial charge on any atom is -0.388 e. The first kappa shape index (κ1) is 16.9. The Morgan fingerprint density at radius 2 is 1.60 bits per heavy atom. The summed E-state index contributed by atoms with van der Waals surface area (Å²) in [6, 6.07) is 6.18. The van der Waals surface area contributed by atoms with Crippen molar-refractivity contribution in [3.05, 3.63) is 35.4 Å². The number of rotatable bonds is 5. The molecule has 1 unspecified atom stereocenters. The first-order valence-corrected chi connectivity index (χ1v) is 6.25. The molecule has 0 aliphatic carbocycles. The SMILES string of the molecule is CC(C)Cc1ccccc1C(O)CC(F)(F)C(F)(F)F. The zero-order chi connectivity index (χ0) is 15.6. The van der Waals surface area contributed by atoms with Crippen LogP contribution in [0.1, 0.15) is 37.5 Å². The van der Waals surface area contributed by atoms with Crippen LogP contribution in [0.4, 0.5) is 22.0 Å². The van der Waals surface area contributed by atoms with Crippen LogP contribution in [0, 0.1) is 5.92 Å². The van der Waals surface area contributed by atoms with E-state index in [0.29, 0.717) is 12.0 Å². The van der Waals surface area contributed by atoms with Crippen molar-refractivity contribution in [1.82, 2.24) is 0 Å². The summed E-state index contributed by atoms with van der Waals surface area (Å²) in [4.78, 5) is 0. The summed E-state index contributed by atoms with van der Waals surface area (Å²) in [5.74, 6) is -4.70. The highest BCUT2D eigenvalue weighted by molar-refractivity contribution is 5.29. The topological polar surface area (TPSA) is 20.2 Å². The lowest BCUT2D eigenvalue weighted by atomic mass is 9.92. The molecule has 1 aromatic carbocycles. The van der Waals surface area contributed by atoms with E-state index < -0.39 is 24.6 Å². The standard InChI is InChI=1S/C14H17F5O/c1-9(2)7-10-5-3-4-6-11(10)12(20)8-13(15,16)14(17,18)19/h3-6,9,12,20H,7-8H2,1-2H3. The fourth-order valence-electron chi connectivity index (χ4n) is 1.95. The van der Waals surface area contributed by atoms with Gasteiger partial charge in [0.05, 0.1) is 12.5 Å². The molecular weight excluding hydrogens is 279 g/mol. The summed E-state index contributed by atoms with van der Waals surface area (Å²) in [6.45, 7) is 3.79. The molecule has 0 fully saturated rings. The van der Waals surface area contributed by atoms with Crippen molar-refractivity contribution in [3.63, 3.8) is 0 Å². The Kier molecular flexibility index (Phi) is 5.13. The van der Waals surface area contributed by atoms with Gasteiger partial charge in [-0.2, -0.15) is 22.0 Å². The summed E-state index contributed by atoms with van der Waals surface area (Å²) in [6.07, 6.45) is -8.65. The van der Waals surface area contributed by atoms with E-state index in [-0.39, 0.29) is 11.5 Å². The molecule has 1 N–H and O–H groups in total. The van der Waals surface area contributed by atoms with Gasteiger partial charge < -0.3 is 5.11 Å². The van der Waals surface area contributed by atoms with Crippen molar-refractivity contribution >= 4 is 0 Å². The van der Waals surface area contributed by atoms with Gasteiger partial charge in [0.1, 0.15) is 0 Å². The van der Waals surface area contributed by atoms with Crippen LogP contribution in [0.5, 0.6) is 0 Å². The van der Waals surface area contributed by atoms with Gasteiger partial charge in [0.2, 0.25) is 0 Å². The summed E-state index contributed by atoms with van der Waals surface area (Å²) < 4.78 is 62.4. The molecule has 0 aliphatic heterocycles. The predicted molar refractivity (Wildman–Crippen MR) is 65.6 cm³/mol. The largest absolute Gasteiger partial charge is 0.453 e. The second-order valence-electron chi connectivity index (χ2n) is 5.22. The van der Waals surface area contributed by atoms with E-state index >= 15 is 0 Å². The molecule has 1 aromatic rings. The fraction of sp³-hybridized carbons (Fsp3) is 0.571. The van der Waals surface area contributed by atoms with Gasteiger partial charge in [-0.25, -0.2) is 0 Å². The van der Waals surface area contributed by atoms with Gasteiger partial charge in [0.25, 0.3) is 0 Å². The average molecular weight is 296 g/mol. The zero-order valence-electron chi connectivity index (χ0n) is 11.2. The molecule has 0 saturated heterocycles. The Morgan fingerprint density at radius 3 is 2.10 bits per heavy atom. The van der Waals surface area contributed by atoms with E-state index in [1.165, 1.54) is 12.1 Å². The Balaban J connectivity index is 2.96. The second kappa shape index (κ2) is 6.08. The lowest BCUT2D eigenvalue weighted by molar-refractivity contribution is -0.290. The van der Waals surface area contributed by atoms with Crippen LogP contribution in [0.25, 0.3) is 0 Å². The van der Waals surface area contributed by atoms with Crippen LogP contribution in [0.15, 0.2) is 24.3 Å². The Labute approximate surface area is 114 Å². The van der Waals surface area contributed by atoms with Crippen LogP contribution in [0.2, 0.25) is 0 Å². The van der Waals surface area contributed by atoms with E-state index in [1.807, 2.05) is 13.8 Å². The summed E-state index contributed by atoms with van der Waals surface area (Å²) in [7, 11) is 0. The average Bonchev–Trinajstić information content (AvgIpc) is 2.26. The molecule has 114 valence electrons. The van der Waals surface area contributed by atoms with Crippen molar-refractivity contribution in [2.45, 2.75) is 44.9 Å². The van der Waals surface area contributed by atoms with Gasteiger partial charge in [0, 0.05) is 0 Å². The lowest BCUT2D eigenvalue weighted by Crippen LogP contribution is -2.37. The number of benzene rings is 1. The molecule has 0 amide bonds. The molecule has 20 heavy (non-hydrogen) atoms. The molecule has 1 nitrogen and oxygen atoms in total. The molecule has 0 spiro atoms. The van der Waals surface area contributed by atoms with Crippen LogP contribution in [0.3, 0.4) is 0 Å². The van der Waals surface area contributed by atoms with E-state index in [2.05, 4.69) is 0 Å². The van der Waals surface area contributed by atoms with Crippen LogP contribution in [-0.4, -0.2) is 17.2 Å². The smallest absolute Gasteiger partial charge is 0.388 e. The van der Waals surface area contributed by atoms with Gasteiger partial charge in [-0.1, -0.05) is 38.1 Å². The van der Waals surface area contributed by atoms with Crippen molar-refractivity contribution in [1.29, 1.82) is 0 Å². The van der Waals surface area contributed by atoms with Crippen LogP contribution >= 0.6 is 0 Å². The molecule has 0 bridgehead atoms. The number of aliphatic hydroxyl groups is 1. The maximum atomic E-state index is 13.0. The molecule has 0 heterocycles. The predicted octanol–water partition coefficient (Wildman–Crippen LogP) is 4.51. The van der Waals surface area contributed by atoms with Crippen molar-refractivity contribution < 1.29 is 27.1 Å².